The Balaban J connectivity index is 2.13. The molecule has 3 aromatic heterocycles. The Morgan fingerprint density at radius 2 is 2.13 bits per heavy atom. The van der Waals surface area contributed by atoms with E-state index in [1.807, 2.05) is 13.1 Å². The first-order valence-corrected chi connectivity index (χ1v) is 8.14. The van der Waals surface area contributed by atoms with Crippen LogP contribution in [0.1, 0.15) is 25.7 Å². The molecular formula is C16H17FN4OS. The second kappa shape index (κ2) is 6.17. The van der Waals surface area contributed by atoms with Gasteiger partial charge < -0.3 is 10.3 Å². The van der Waals surface area contributed by atoms with Crippen LogP contribution < -0.4 is 10.9 Å². The number of hydrogen-bond acceptors (Lipinski definition) is 5. The van der Waals surface area contributed by atoms with Crippen molar-refractivity contribution in [3.8, 4) is 10.4 Å². The third-order valence-corrected chi connectivity index (χ3v) is 4.86. The molecule has 0 unspecified atom stereocenters. The highest BCUT2D eigenvalue weighted by atomic mass is 32.1. The summed E-state index contributed by atoms with van der Waals surface area (Å²) >= 11 is 1.30. The van der Waals surface area contributed by atoms with Crippen molar-refractivity contribution in [2.75, 3.05) is 7.05 Å². The number of nitrogens with zero attached hydrogens (tertiary/aromatic N) is 2. The lowest BCUT2D eigenvalue weighted by atomic mass is 10.0. The molecular weight excluding hydrogens is 315 g/mol. The standard InChI is InChI=1S/C16H17FN4OS/c1-8(2)13(18-3)15-20-10-7-11(23-14(10)16(22)21-15)9-4-5-19-12(17)6-9/h4-8,13,18H,1-3H3,(H,20,21,22)/t13-/m0/s1. The van der Waals surface area contributed by atoms with E-state index < -0.39 is 5.95 Å². The molecule has 0 aliphatic heterocycles. The quantitative estimate of drug-likeness (QED) is 0.720. The van der Waals surface area contributed by atoms with E-state index >= 15 is 0 Å². The first-order valence-electron chi connectivity index (χ1n) is 7.32. The smallest absolute Gasteiger partial charge is 0.268 e. The van der Waals surface area contributed by atoms with Crippen LogP contribution in [0.4, 0.5) is 4.39 Å². The van der Waals surface area contributed by atoms with Gasteiger partial charge in [0.2, 0.25) is 5.95 Å². The number of aromatic amines is 1. The fraction of sp³-hybridized carbons (Fsp3) is 0.312. The maximum Gasteiger partial charge on any atom is 0.268 e. The van der Waals surface area contributed by atoms with Gasteiger partial charge in [0.25, 0.3) is 5.56 Å². The van der Waals surface area contributed by atoms with E-state index in [9.17, 15) is 9.18 Å². The number of nitrogens with one attached hydrogen (secondary N) is 2. The lowest BCUT2D eigenvalue weighted by molar-refractivity contribution is 0.423. The van der Waals surface area contributed by atoms with Gasteiger partial charge in [0.15, 0.2) is 0 Å². The molecule has 0 radical (unpaired) electrons. The number of H-pyrrole nitrogens is 1. The number of thiophene rings is 1. The molecule has 0 bridgehead atoms. The van der Waals surface area contributed by atoms with Gasteiger partial charge >= 0.3 is 0 Å². The average Bonchev–Trinajstić information content (AvgIpc) is 2.92. The highest BCUT2D eigenvalue weighted by Crippen LogP contribution is 2.31. The fourth-order valence-corrected chi connectivity index (χ4v) is 3.58. The Kier molecular flexibility index (Phi) is 4.23. The van der Waals surface area contributed by atoms with Crippen molar-refractivity contribution in [1.29, 1.82) is 0 Å². The monoisotopic (exact) mass is 332 g/mol. The van der Waals surface area contributed by atoms with E-state index in [0.29, 0.717) is 21.6 Å². The van der Waals surface area contributed by atoms with Crippen molar-refractivity contribution in [2.24, 2.45) is 5.92 Å². The molecule has 5 nitrogen and oxygen atoms in total. The van der Waals surface area contributed by atoms with Crippen LogP contribution in [-0.2, 0) is 0 Å². The summed E-state index contributed by atoms with van der Waals surface area (Å²) in [5.41, 5.74) is 1.15. The zero-order valence-corrected chi connectivity index (χ0v) is 13.9. The van der Waals surface area contributed by atoms with Crippen molar-refractivity contribution in [3.05, 3.63) is 46.5 Å². The van der Waals surface area contributed by atoms with Crippen molar-refractivity contribution in [3.63, 3.8) is 0 Å². The summed E-state index contributed by atoms with van der Waals surface area (Å²) in [7, 11) is 1.84. The largest absolute Gasteiger partial charge is 0.310 e. The molecule has 1 atom stereocenters. The van der Waals surface area contributed by atoms with E-state index in [0.717, 1.165) is 4.88 Å². The number of fused-ring (bicyclic) bond motifs is 1. The molecule has 0 spiro atoms. The summed E-state index contributed by atoms with van der Waals surface area (Å²) in [4.78, 5) is 24.1. The molecule has 0 aliphatic rings. The third-order valence-electron chi connectivity index (χ3n) is 3.68. The molecule has 0 aliphatic carbocycles. The second-order valence-electron chi connectivity index (χ2n) is 5.65. The van der Waals surface area contributed by atoms with E-state index in [4.69, 9.17) is 0 Å². The van der Waals surface area contributed by atoms with E-state index in [1.165, 1.54) is 23.6 Å². The van der Waals surface area contributed by atoms with Crippen LogP contribution in [0.5, 0.6) is 0 Å². The van der Waals surface area contributed by atoms with Gasteiger partial charge in [0.05, 0.1) is 11.6 Å². The van der Waals surface area contributed by atoms with Gasteiger partial charge in [-0.1, -0.05) is 13.8 Å². The molecule has 0 saturated heterocycles. The minimum absolute atomic E-state index is 0.0335. The molecule has 0 saturated carbocycles. The minimum atomic E-state index is -0.544. The van der Waals surface area contributed by atoms with Gasteiger partial charge in [-0.2, -0.15) is 4.39 Å². The summed E-state index contributed by atoms with van der Waals surface area (Å²) in [6.07, 6.45) is 1.41. The van der Waals surface area contributed by atoms with Crippen molar-refractivity contribution in [1.82, 2.24) is 20.3 Å². The summed E-state index contributed by atoms with van der Waals surface area (Å²) in [6, 6.07) is 4.85. The summed E-state index contributed by atoms with van der Waals surface area (Å²) < 4.78 is 13.8. The normalized spacial score (nSPS) is 12.9. The van der Waals surface area contributed by atoms with Gasteiger partial charge in [0.1, 0.15) is 10.5 Å². The number of rotatable bonds is 4. The van der Waals surface area contributed by atoms with Gasteiger partial charge in [0, 0.05) is 17.1 Å². The molecule has 23 heavy (non-hydrogen) atoms. The number of halogens is 1. The molecule has 0 amide bonds. The molecule has 2 N–H and O–H groups in total. The zero-order chi connectivity index (χ0) is 16.6. The van der Waals surface area contributed by atoms with Gasteiger partial charge in [-0.15, -0.1) is 11.3 Å². The predicted molar refractivity (Wildman–Crippen MR) is 90.1 cm³/mol. The Morgan fingerprint density at radius 1 is 1.35 bits per heavy atom. The maximum atomic E-state index is 13.3. The molecule has 7 heteroatoms. The number of pyridine rings is 1. The average molecular weight is 332 g/mol. The van der Waals surface area contributed by atoms with Crippen LogP contribution in [0.25, 0.3) is 20.7 Å². The summed E-state index contributed by atoms with van der Waals surface area (Å²) in [5.74, 6) is 0.357. The van der Waals surface area contributed by atoms with Crippen LogP contribution in [0.2, 0.25) is 0 Å². The number of aromatic nitrogens is 3. The van der Waals surface area contributed by atoms with Crippen LogP contribution >= 0.6 is 11.3 Å². The molecule has 3 heterocycles. The lowest BCUT2D eigenvalue weighted by Gasteiger charge is -2.18. The predicted octanol–water partition coefficient (Wildman–Crippen LogP) is 3.10. The lowest BCUT2D eigenvalue weighted by Crippen LogP contribution is -2.26. The van der Waals surface area contributed by atoms with Crippen molar-refractivity contribution in [2.45, 2.75) is 19.9 Å². The Hall–Kier alpha value is -2.12. The molecule has 0 fully saturated rings. The Labute approximate surface area is 136 Å². The topological polar surface area (TPSA) is 70.7 Å². The SMILES string of the molecule is CN[C@H](c1nc2cc(-c3ccnc(F)c3)sc2c(=O)[nH]1)C(C)C. The molecule has 3 aromatic rings. The van der Waals surface area contributed by atoms with E-state index in [2.05, 4.69) is 34.1 Å². The Morgan fingerprint density at radius 3 is 2.78 bits per heavy atom. The van der Waals surface area contributed by atoms with Crippen LogP contribution in [0.15, 0.2) is 29.2 Å². The minimum Gasteiger partial charge on any atom is -0.310 e. The van der Waals surface area contributed by atoms with Crippen LogP contribution in [0, 0.1) is 11.9 Å². The second-order valence-corrected chi connectivity index (χ2v) is 6.71. The van der Waals surface area contributed by atoms with Crippen molar-refractivity contribution < 1.29 is 4.39 Å². The van der Waals surface area contributed by atoms with E-state index in [1.54, 1.807) is 6.07 Å². The van der Waals surface area contributed by atoms with Gasteiger partial charge in [-0.3, -0.25) is 4.79 Å². The summed E-state index contributed by atoms with van der Waals surface area (Å²) in [6.45, 7) is 4.12. The van der Waals surface area contributed by atoms with Crippen LogP contribution in [0.3, 0.4) is 0 Å². The first-order chi connectivity index (χ1) is 11.0. The molecule has 3 rings (SSSR count). The Bertz CT molecular complexity index is 902. The fourth-order valence-electron chi connectivity index (χ4n) is 2.59. The van der Waals surface area contributed by atoms with E-state index in [-0.39, 0.29) is 17.5 Å². The first kappa shape index (κ1) is 15.8. The molecule has 0 aromatic carbocycles. The summed E-state index contributed by atoms with van der Waals surface area (Å²) in [5, 5.41) is 3.17. The van der Waals surface area contributed by atoms with Gasteiger partial charge in [-0.25, -0.2) is 9.97 Å². The van der Waals surface area contributed by atoms with Crippen molar-refractivity contribution >= 4 is 21.6 Å². The number of hydrogen-bond donors (Lipinski definition) is 2. The third kappa shape index (κ3) is 3.02. The molecule has 120 valence electrons. The highest BCUT2D eigenvalue weighted by molar-refractivity contribution is 7.22. The maximum absolute atomic E-state index is 13.3. The zero-order valence-electron chi connectivity index (χ0n) is 13.1. The van der Waals surface area contributed by atoms with Crippen LogP contribution in [-0.4, -0.2) is 22.0 Å². The highest BCUT2D eigenvalue weighted by Gasteiger charge is 2.18. The van der Waals surface area contributed by atoms with Gasteiger partial charge in [-0.05, 0) is 30.7 Å².